The third kappa shape index (κ3) is 3.41. The van der Waals surface area contributed by atoms with E-state index in [2.05, 4.69) is 67.3 Å². The third-order valence-electron chi connectivity index (χ3n) is 4.08. The standard InChI is InChI=1S/C17H26ClN3/c1-12(2)20(13(3)4)9-10-21-16(11-18)19-15-8-6-7-14(5)17(15)21/h6-8,12-13H,9-11H2,1-5H3. The zero-order chi connectivity index (χ0) is 15.6. The highest BCUT2D eigenvalue weighted by Gasteiger charge is 2.16. The molecule has 0 fully saturated rings. The lowest BCUT2D eigenvalue weighted by molar-refractivity contribution is 0.168. The highest BCUT2D eigenvalue weighted by molar-refractivity contribution is 6.16. The number of hydrogen-bond donors (Lipinski definition) is 0. The first kappa shape index (κ1) is 16.3. The Bertz CT molecular complexity index is 593. The molecule has 0 saturated heterocycles. The van der Waals surface area contributed by atoms with E-state index in [0.29, 0.717) is 18.0 Å². The molecule has 21 heavy (non-hydrogen) atoms. The first-order valence-corrected chi connectivity index (χ1v) is 8.25. The van der Waals surface area contributed by atoms with Crippen molar-refractivity contribution in [2.75, 3.05) is 6.54 Å². The molecular weight excluding hydrogens is 282 g/mol. The number of aromatic nitrogens is 2. The van der Waals surface area contributed by atoms with E-state index >= 15 is 0 Å². The fraction of sp³-hybridized carbons (Fsp3) is 0.588. The largest absolute Gasteiger partial charge is 0.325 e. The quantitative estimate of drug-likeness (QED) is 0.746. The second kappa shape index (κ2) is 6.80. The highest BCUT2D eigenvalue weighted by Crippen LogP contribution is 2.21. The molecule has 0 N–H and O–H groups in total. The van der Waals surface area contributed by atoms with Gasteiger partial charge in [0.1, 0.15) is 5.82 Å². The first-order valence-electron chi connectivity index (χ1n) is 7.72. The van der Waals surface area contributed by atoms with Crippen molar-refractivity contribution in [2.24, 2.45) is 0 Å². The number of hydrogen-bond acceptors (Lipinski definition) is 2. The molecule has 1 aromatic heterocycles. The minimum absolute atomic E-state index is 0.456. The Morgan fingerprint density at radius 1 is 1.19 bits per heavy atom. The van der Waals surface area contributed by atoms with E-state index in [1.54, 1.807) is 0 Å². The van der Waals surface area contributed by atoms with Gasteiger partial charge in [-0.3, -0.25) is 4.90 Å². The number of imidazole rings is 1. The van der Waals surface area contributed by atoms with Crippen LogP contribution in [0.5, 0.6) is 0 Å². The number of benzene rings is 1. The molecule has 2 rings (SSSR count). The van der Waals surface area contributed by atoms with Gasteiger partial charge in [0.2, 0.25) is 0 Å². The molecule has 0 radical (unpaired) electrons. The maximum Gasteiger partial charge on any atom is 0.124 e. The smallest absolute Gasteiger partial charge is 0.124 e. The topological polar surface area (TPSA) is 21.1 Å². The van der Waals surface area contributed by atoms with Gasteiger partial charge in [-0.2, -0.15) is 0 Å². The van der Waals surface area contributed by atoms with Gasteiger partial charge in [0.15, 0.2) is 0 Å². The Morgan fingerprint density at radius 3 is 2.43 bits per heavy atom. The summed E-state index contributed by atoms with van der Waals surface area (Å²) in [4.78, 5) is 7.17. The van der Waals surface area contributed by atoms with E-state index in [9.17, 15) is 0 Å². The lowest BCUT2D eigenvalue weighted by atomic mass is 10.2. The molecule has 0 amide bonds. The molecule has 3 nitrogen and oxygen atoms in total. The Hall–Kier alpha value is -1.06. The van der Waals surface area contributed by atoms with Gasteiger partial charge < -0.3 is 4.57 Å². The van der Waals surface area contributed by atoms with Gasteiger partial charge in [-0.05, 0) is 46.2 Å². The van der Waals surface area contributed by atoms with E-state index < -0.39 is 0 Å². The van der Waals surface area contributed by atoms with Gasteiger partial charge in [-0.25, -0.2) is 4.98 Å². The summed E-state index contributed by atoms with van der Waals surface area (Å²) >= 11 is 6.10. The zero-order valence-corrected chi connectivity index (χ0v) is 14.5. The lowest BCUT2D eigenvalue weighted by Gasteiger charge is -2.30. The lowest BCUT2D eigenvalue weighted by Crippen LogP contribution is -2.39. The third-order valence-corrected chi connectivity index (χ3v) is 4.31. The van der Waals surface area contributed by atoms with Crippen LogP contribution in [0.2, 0.25) is 0 Å². The zero-order valence-electron chi connectivity index (χ0n) is 13.7. The molecule has 0 saturated carbocycles. The number of halogens is 1. The normalized spacial score (nSPS) is 12.2. The van der Waals surface area contributed by atoms with Gasteiger partial charge in [0, 0.05) is 25.2 Å². The molecule has 1 aromatic carbocycles. The summed E-state index contributed by atoms with van der Waals surface area (Å²) in [7, 11) is 0. The molecular formula is C17H26ClN3. The Morgan fingerprint density at radius 2 is 1.86 bits per heavy atom. The average molecular weight is 308 g/mol. The van der Waals surface area contributed by atoms with Crippen molar-refractivity contribution < 1.29 is 0 Å². The number of alkyl halides is 1. The maximum absolute atomic E-state index is 6.10. The molecule has 0 aliphatic carbocycles. The van der Waals surface area contributed by atoms with Crippen LogP contribution in [0.4, 0.5) is 0 Å². The minimum Gasteiger partial charge on any atom is -0.325 e. The number of aryl methyl sites for hydroxylation is 1. The van der Waals surface area contributed by atoms with E-state index in [0.717, 1.165) is 24.4 Å². The number of fused-ring (bicyclic) bond motifs is 1. The summed E-state index contributed by atoms with van der Waals surface area (Å²) in [5, 5.41) is 0. The molecule has 0 aliphatic heterocycles. The minimum atomic E-state index is 0.456. The number of nitrogens with zero attached hydrogens (tertiary/aromatic N) is 3. The van der Waals surface area contributed by atoms with Crippen LogP contribution in [0, 0.1) is 6.92 Å². The van der Waals surface area contributed by atoms with Crippen molar-refractivity contribution in [1.29, 1.82) is 0 Å². The average Bonchev–Trinajstić information content (AvgIpc) is 2.77. The molecule has 0 atom stereocenters. The van der Waals surface area contributed by atoms with E-state index in [1.807, 2.05) is 0 Å². The fourth-order valence-electron chi connectivity index (χ4n) is 3.08. The maximum atomic E-state index is 6.10. The molecule has 0 unspecified atom stereocenters. The monoisotopic (exact) mass is 307 g/mol. The van der Waals surface area contributed by atoms with Crippen molar-refractivity contribution in [3.05, 3.63) is 29.6 Å². The van der Waals surface area contributed by atoms with E-state index in [-0.39, 0.29) is 0 Å². The number of para-hydroxylation sites is 1. The molecule has 4 heteroatoms. The summed E-state index contributed by atoms with van der Waals surface area (Å²) in [6, 6.07) is 7.35. The van der Waals surface area contributed by atoms with Gasteiger partial charge in [-0.15, -0.1) is 11.6 Å². The summed E-state index contributed by atoms with van der Waals surface area (Å²) in [6.45, 7) is 13.1. The van der Waals surface area contributed by atoms with Gasteiger partial charge in [0.05, 0.1) is 16.9 Å². The molecule has 0 aliphatic rings. The van der Waals surface area contributed by atoms with Gasteiger partial charge >= 0.3 is 0 Å². The van der Waals surface area contributed by atoms with Crippen LogP contribution < -0.4 is 0 Å². The van der Waals surface area contributed by atoms with Gasteiger partial charge in [-0.1, -0.05) is 12.1 Å². The Labute approximate surface area is 132 Å². The SMILES string of the molecule is Cc1cccc2nc(CCl)n(CCN(C(C)C)C(C)C)c12. The summed E-state index contributed by atoms with van der Waals surface area (Å²) in [6.07, 6.45) is 0. The van der Waals surface area contributed by atoms with E-state index in [4.69, 9.17) is 11.6 Å². The van der Waals surface area contributed by atoms with E-state index in [1.165, 1.54) is 11.1 Å². The van der Waals surface area contributed by atoms with Crippen LogP contribution >= 0.6 is 11.6 Å². The van der Waals surface area contributed by atoms with Crippen molar-refractivity contribution in [1.82, 2.24) is 14.5 Å². The fourth-order valence-corrected chi connectivity index (χ4v) is 3.29. The number of rotatable bonds is 6. The summed E-state index contributed by atoms with van der Waals surface area (Å²) < 4.78 is 2.29. The van der Waals surface area contributed by atoms with Crippen molar-refractivity contribution in [2.45, 2.75) is 59.1 Å². The second-order valence-corrected chi connectivity index (χ2v) is 6.45. The predicted molar refractivity (Wildman–Crippen MR) is 91.0 cm³/mol. The van der Waals surface area contributed by atoms with Crippen LogP contribution in [-0.4, -0.2) is 33.1 Å². The van der Waals surface area contributed by atoms with Crippen molar-refractivity contribution in [3.63, 3.8) is 0 Å². The van der Waals surface area contributed by atoms with Crippen LogP contribution in [0.3, 0.4) is 0 Å². The summed E-state index contributed by atoms with van der Waals surface area (Å²) in [5.74, 6) is 1.42. The van der Waals surface area contributed by atoms with Crippen molar-refractivity contribution >= 4 is 22.6 Å². The molecule has 2 aromatic rings. The predicted octanol–water partition coefficient (Wildman–Crippen LogP) is 4.20. The van der Waals surface area contributed by atoms with Crippen LogP contribution in [0.15, 0.2) is 18.2 Å². The highest BCUT2D eigenvalue weighted by atomic mass is 35.5. The molecule has 116 valence electrons. The molecule has 0 bridgehead atoms. The molecule has 0 spiro atoms. The second-order valence-electron chi connectivity index (χ2n) is 6.18. The van der Waals surface area contributed by atoms with Crippen LogP contribution in [0.1, 0.15) is 39.1 Å². The Balaban J connectivity index is 2.33. The van der Waals surface area contributed by atoms with Crippen LogP contribution in [0.25, 0.3) is 11.0 Å². The van der Waals surface area contributed by atoms with Crippen LogP contribution in [-0.2, 0) is 12.4 Å². The van der Waals surface area contributed by atoms with Gasteiger partial charge in [0.25, 0.3) is 0 Å². The Kier molecular flexibility index (Phi) is 5.28. The summed E-state index contributed by atoms with van der Waals surface area (Å²) in [5.41, 5.74) is 3.53. The van der Waals surface area contributed by atoms with Crippen molar-refractivity contribution in [3.8, 4) is 0 Å². The first-order chi connectivity index (χ1) is 9.95. The molecule has 1 heterocycles.